The van der Waals surface area contributed by atoms with Gasteiger partial charge in [-0.3, -0.25) is 0 Å². The number of hydrogen-bond acceptors (Lipinski definition) is 0. The third-order valence-corrected chi connectivity index (χ3v) is 1.75. The highest BCUT2D eigenvalue weighted by Gasteiger charge is 2.06. The zero-order valence-electron chi connectivity index (χ0n) is 6.52. The van der Waals surface area contributed by atoms with Crippen molar-refractivity contribution in [3.05, 3.63) is 23.6 Å². The summed E-state index contributed by atoms with van der Waals surface area (Å²) in [5.41, 5.74) is 1.14. The maximum atomic E-state index is 12.6. The summed E-state index contributed by atoms with van der Waals surface area (Å²) in [5, 5.41) is 0. The fraction of sp³-hybridized carbons (Fsp3) is 0.556. The molecule has 10 heavy (non-hydrogen) atoms. The zero-order valence-corrected chi connectivity index (χ0v) is 6.52. The summed E-state index contributed by atoms with van der Waals surface area (Å²) in [4.78, 5) is 0. The van der Waals surface area contributed by atoms with Crippen LogP contribution in [-0.4, -0.2) is 0 Å². The van der Waals surface area contributed by atoms with E-state index in [4.69, 9.17) is 0 Å². The molecule has 0 spiro atoms. The Hall–Kier alpha value is -0.590. The molecule has 0 unspecified atom stereocenters. The molecule has 0 saturated heterocycles. The Morgan fingerprint density at radius 1 is 1.50 bits per heavy atom. The molecule has 0 radical (unpaired) electrons. The standard InChI is InChI=1S/C9H13F/c1-7(2)8-4-3-5-9(10)6-8/h4,6-7H,3,5H2,1-2H3. The molecule has 0 N–H and O–H groups in total. The summed E-state index contributed by atoms with van der Waals surface area (Å²) in [6.45, 7) is 4.17. The minimum Gasteiger partial charge on any atom is -0.212 e. The van der Waals surface area contributed by atoms with Crippen molar-refractivity contribution in [2.45, 2.75) is 26.7 Å². The van der Waals surface area contributed by atoms with Crippen molar-refractivity contribution in [2.75, 3.05) is 0 Å². The van der Waals surface area contributed by atoms with E-state index in [1.54, 1.807) is 6.08 Å². The van der Waals surface area contributed by atoms with Crippen LogP contribution in [0.2, 0.25) is 0 Å². The predicted octanol–water partition coefficient (Wildman–Crippen LogP) is 3.22. The highest BCUT2D eigenvalue weighted by atomic mass is 19.1. The van der Waals surface area contributed by atoms with Gasteiger partial charge in [0.2, 0.25) is 0 Å². The Labute approximate surface area is 61.4 Å². The molecule has 1 rings (SSSR count). The van der Waals surface area contributed by atoms with Crippen molar-refractivity contribution in [3.63, 3.8) is 0 Å². The van der Waals surface area contributed by atoms with Crippen molar-refractivity contribution < 1.29 is 4.39 Å². The van der Waals surface area contributed by atoms with Crippen LogP contribution in [0.25, 0.3) is 0 Å². The average molecular weight is 140 g/mol. The molecule has 1 aliphatic carbocycles. The topological polar surface area (TPSA) is 0 Å². The Morgan fingerprint density at radius 3 is 2.60 bits per heavy atom. The fourth-order valence-corrected chi connectivity index (χ4v) is 1.09. The number of hydrogen-bond donors (Lipinski definition) is 0. The fourth-order valence-electron chi connectivity index (χ4n) is 1.09. The highest BCUT2D eigenvalue weighted by Crippen LogP contribution is 2.22. The molecular formula is C9H13F. The zero-order chi connectivity index (χ0) is 7.56. The first-order valence-electron chi connectivity index (χ1n) is 3.76. The molecule has 0 aromatic rings. The SMILES string of the molecule is CC(C)C1=CCCC(F)=C1. The van der Waals surface area contributed by atoms with E-state index >= 15 is 0 Å². The molecule has 1 aliphatic rings. The van der Waals surface area contributed by atoms with Crippen molar-refractivity contribution in [2.24, 2.45) is 5.92 Å². The second-order valence-corrected chi connectivity index (χ2v) is 2.99. The first-order valence-corrected chi connectivity index (χ1v) is 3.76. The van der Waals surface area contributed by atoms with E-state index in [0.717, 1.165) is 12.0 Å². The van der Waals surface area contributed by atoms with E-state index in [0.29, 0.717) is 12.3 Å². The predicted molar refractivity (Wildman–Crippen MR) is 41.3 cm³/mol. The second kappa shape index (κ2) is 3.00. The van der Waals surface area contributed by atoms with Gasteiger partial charge in [0, 0.05) is 6.42 Å². The van der Waals surface area contributed by atoms with Gasteiger partial charge >= 0.3 is 0 Å². The summed E-state index contributed by atoms with van der Waals surface area (Å²) in [6, 6.07) is 0. The summed E-state index contributed by atoms with van der Waals surface area (Å²) in [6.07, 6.45) is 5.24. The van der Waals surface area contributed by atoms with Gasteiger partial charge in [0.15, 0.2) is 0 Å². The molecule has 0 atom stereocenters. The van der Waals surface area contributed by atoms with Gasteiger partial charge in [0.05, 0.1) is 0 Å². The van der Waals surface area contributed by atoms with Gasteiger partial charge in [0.1, 0.15) is 5.83 Å². The minimum absolute atomic E-state index is 0.0335. The van der Waals surface area contributed by atoms with Crippen LogP contribution in [0.1, 0.15) is 26.7 Å². The lowest BCUT2D eigenvalue weighted by atomic mass is 9.97. The van der Waals surface area contributed by atoms with E-state index in [2.05, 4.69) is 19.9 Å². The summed E-state index contributed by atoms with van der Waals surface area (Å²) in [5.74, 6) is 0.497. The van der Waals surface area contributed by atoms with E-state index in [-0.39, 0.29) is 5.83 Å². The quantitative estimate of drug-likeness (QED) is 0.524. The van der Waals surface area contributed by atoms with Gasteiger partial charge in [-0.05, 0) is 24.0 Å². The molecular weight excluding hydrogens is 127 g/mol. The van der Waals surface area contributed by atoms with Crippen LogP contribution in [0.15, 0.2) is 23.6 Å². The molecule has 0 fully saturated rings. The maximum absolute atomic E-state index is 12.6. The normalized spacial score (nSPS) is 18.8. The van der Waals surface area contributed by atoms with E-state index in [1.807, 2.05) is 0 Å². The van der Waals surface area contributed by atoms with Crippen molar-refractivity contribution in [1.29, 1.82) is 0 Å². The van der Waals surface area contributed by atoms with Gasteiger partial charge in [0.25, 0.3) is 0 Å². The van der Waals surface area contributed by atoms with Gasteiger partial charge in [-0.2, -0.15) is 0 Å². The molecule has 1 heteroatoms. The second-order valence-electron chi connectivity index (χ2n) is 2.99. The number of halogens is 1. The number of allylic oxidation sites excluding steroid dienone is 4. The molecule has 0 amide bonds. The van der Waals surface area contributed by atoms with Crippen LogP contribution >= 0.6 is 0 Å². The molecule has 0 heterocycles. The molecule has 56 valence electrons. The average Bonchev–Trinajstić information content (AvgIpc) is 1.88. The molecule has 0 nitrogen and oxygen atoms in total. The van der Waals surface area contributed by atoms with E-state index < -0.39 is 0 Å². The largest absolute Gasteiger partial charge is 0.212 e. The molecule has 0 aliphatic heterocycles. The molecule has 0 aromatic heterocycles. The Morgan fingerprint density at radius 2 is 2.20 bits per heavy atom. The van der Waals surface area contributed by atoms with E-state index in [1.165, 1.54) is 0 Å². The van der Waals surface area contributed by atoms with Crippen molar-refractivity contribution >= 4 is 0 Å². The highest BCUT2D eigenvalue weighted by molar-refractivity contribution is 5.26. The number of rotatable bonds is 1. The smallest absolute Gasteiger partial charge is 0.100 e. The lowest BCUT2D eigenvalue weighted by Crippen LogP contribution is -1.95. The van der Waals surface area contributed by atoms with Crippen molar-refractivity contribution in [1.82, 2.24) is 0 Å². The van der Waals surface area contributed by atoms with Crippen molar-refractivity contribution in [3.8, 4) is 0 Å². The Kier molecular flexibility index (Phi) is 2.25. The molecule has 0 bridgehead atoms. The third-order valence-electron chi connectivity index (χ3n) is 1.75. The monoisotopic (exact) mass is 140 g/mol. The van der Waals surface area contributed by atoms with Crippen LogP contribution in [0.4, 0.5) is 4.39 Å². The van der Waals surface area contributed by atoms with Crippen LogP contribution < -0.4 is 0 Å². The van der Waals surface area contributed by atoms with Crippen LogP contribution in [-0.2, 0) is 0 Å². The Bertz CT molecular complexity index is 175. The van der Waals surface area contributed by atoms with E-state index in [9.17, 15) is 4.39 Å². The van der Waals surface area contributed by atoms with Gasteiger partial charge in [-0.15, -0.1) is 0 Å². The maximum Gasteiger partial charge on any atom is 0.100 e. The van der Waals surface area contributed by atoms with Crippen LogP contribution in [0.3, 0.4) is 0 Å². The Balaban J connectivity index is 2.69. The third kappa shape index (κ3) is 1.69. The van der Waals surface area contributed by atoms with Gasteiger partial charge in [-0.1, -0.05) is 19.9 Å². The molecule has 0 saturated carbocycles. The lowest BCUT2D eigenvalue weighted by molar-refractivity contribution is 0.577. The van der Waals surface area contributed by atoms with Gasteiger partial charge in [-0.25, -0.2) is 4.39 Å². The lowest BCUT2D eigenvalue weighted by Gasteiger charge is -2.10. The van der Waals surface area contributed by atoms with Crippen LogP contribution in [0, 0.1) is 5.92 Å². The minimum atomic E-state index is 0.0335. The van der Waals surface area contributed by atoms with Crippen LogP contribution in [0.5, 0.6) is 0 Å². The first kappa shape index (κ1) is 7.52. The summed E-state index contributed by atoms with van der Waals surface area (Å²) in [7, 11) is 0. The summed E-state index contributed by atoms with van der Waals surface area (Å²) >= 11 is 0. The van der Waals surface area contributed by atoms with Gasteiger partial charge < -0.3 is 0 Å². The summed E-state index contributed by atoms with van der Waals surface area (Å²) < 4.78 is 12.6. The molecule has 0 aromatic carbocycles. The first-order chi connectivity index (χ1) is 4.70.